The summed E-state index contributed by atoms with van der Waals surface area (Å²) in [6.45, 7) is 4.33. The number of ether oxygens (including phenoxy) is 1. The van der Waals surface area contributed by atoms with Crippen LogP contribution in [0.2, 0.25) is 0 Å². The highest BCUT2D eigenvalue weighted by Crippen LogP contribution is 2.18. The number of likely N-dealkylation sites (N-methyl/N-ethyl adjacent to an activating group) is 1. The van der Waals surface area contributed by atoms with Crippen LogP contribution in [-0.4, -0.2) is 53.7 Å². The lowest BCUT2D eigenvalue weighted by molar-refractivity contribution is 0.162. The van der Waals surface area contributed by atoms with E-state index >= 15 is 0 Å². The largest absolute Gasteiger partial charge is 0.398 e. The molecule has 0 radical (unpaired) electrons. The molecule has 3 N–H and O–H groups in total. The van der Waals surface area contributed by atoms with E-state index in [9.17, 15) is 8.42 Å². The van der Waals surface area contributed by atoms with Crippen molar-refractivity contribution in [3.8, 4) is 0 Å². The Morgan fingerprint density at radius 2 is 2.05 bits per heavy atom. The van der Waals surface area contributed by atoms with E-state index in [1.807, 2.05) is 18.9 Å². The first-order chi connectivity index (χ1) is 9.90. The third-order valence-corrected chi connectivity index (χ3v) is 4.73. The summed E-state index contributed by atoms with van der Waals surface area (Å²) < 4.78 is 31.9. The summed E-state index contributed by atoms with van der Waals surface area (Å²) in [4.78, 5) is 2.21. The van der Waals surface area contributed by atoms with Crippen molar-refractivity contribution in [1.29, 1.82) is 0 Å². The van der Waals surface area contributed by atoms with Crippen molar-refractivity contribution in [2.24, 2.45) is 0 Å². The fourth-order valence-electron chi connectivity index (χ4n) is 1.88. The Hall–Kier alpha value is -1.15. The Kier molecular flexibility index (Phi) is 7.10. The maximum atomic E-state index is 12.2. The van der Waals surface area contributed by atoms with Gasteiger partial charge in [-0.2, -0.15) is 0 Å². The molecule has 1 rings (SSSR count). The van der Waals surface area contributed by atoms with Crippen molar-refractivity contribution in [3.05, 3.63) is 23.8 Å². The predicted octanol–water partition coefficient (Wildman–Crippen LogP) is 0.688. The highest BCUT2D eigenvalue weighted by atomic mass is 32.2. The topological polar surface area (TPSA) is 84.7 Å². The van der Waals surface area contributed by atoms with Gasteiger partial charge in [0, 0.05) is 32.4 Å². The molecule has 0 aliphatic rings. The molecule has 7 heteroatoms. The minimum atomic E-state index is -3.51. The molecule has 0 heterocycles. The van der Waals surface area contributed by atoms with Crippen molar-refractivity contribution in [3.63, 3.8) is 0 Å². The van der Waals surface area contributed by atoms with Crippen LogP contribution >= 0.6 is 0 Å². The second kappa shape index (κ2) is 8.33. The van der Waals surface area contributed by atoms with E-state index < -0.39 is 10.0 Å². The molecule has 0 aliphatic carbocycles. The van der Waals surface area contributed by atoms with Crippen LogP contribution in [0.5, 0.6) is 0 Å². The van der Waals surface area contributed by atoms with Crippen LogP contribution < -0.4 is 10.5 Å². The average Bonchev–Trinajstić information content (AvgIpc) is 2.44. The van der Waals surface area contributed by atoms with Crippen LogP contribution in [-0.2, 0) is 21.2 Å². The van der Waals surface area contributed by atoms with Crippen LogP contribution in [0.15, 0.2) is 23.1 Å². The van der Waals surface area contributed by atoms with Gasteiger partial charge in [-0.05, 0) is 31.2 Å². The molecule has 0 unspecified atom stereocenters. The molecule has 120 valence electrons. The molecule has 1 aromatic rings. The summed E-state index contributed by atoms with van der Waals surface area (Å²) in [5.41, 5.74) is 7.31. The second-order valence-electron chi connectivity index (χ2n) is 4.91. The summed E-state index contributed by atoms with van der Waals surface area (Å²) in [6, 6.07) is 4.86. The number of anilines is 1. The zero-order valence-corrected chi connectivity index (χ0v) is 13.7. The van der Waals surface area contributed by atoms with E-state index in [1.165, 1.54) is 6.07 Å². The number of nitrogens with one attached hydrogen (secondary N) is 1. The molecule has 0 spiro atoms. The SMILES string of the molecule is CCc1ccc(S(=O)(=O)NCCN(C)CCOC)cc1N. The predicted molar refractivity (Wildman–Crippen MR) is 84.8 cm³/mol. The van der Waals surface area contributed by atoms with E-state index in [1.54, 1.807) is 19.2 Å². The van der Waals surface area contributed by atoms with Gasteiger partial charge in [0.2, 0.25) is 10.0 Å². The van der Waals surface area contributed by atoms with Gasteiger partial charge in [0.1, 0.15) is 0 Å². The monoisotopic (exact) mass is 315 g/mol. The second-order valence-corrected chi connectivity index (χ2v) is 6.67. The van der Waals surface area contributed by atoms with Crippen LogP contribution in [0.1, 0.15) is 12.5 Å². The Labute approximate surface area is 127 Å². The molecule has 1 aromatic carbocycles. The minimum absolute atomic E-state index is 0.205. The van der Waals surface area contributed by atoms with Gasteiger partial charge in [0.25, 0.3) is 0 Å². The van der Waals surface area contributed by atoms with E-state index in [-0.39, 0.29) is 4.90 Å². The third-order valence-electron chi connectivity index (χ3n) is 3.27. The summed E-state index contributed by atoms with van der Waals surface area (Å²) >= 11 is 0. The first kappa shape index (κ1) is 17.9. The zero-order valence-electron chi connectivity index (χ0n) is 12.9. The van der Waals surface area contributed by atoms with Crippen molar-refractivity contribution in [2.75, 3.05) is 46.1 Å². The molecular formula is C14H25N3O3S. The summed E-state index contributed by atoms with van der Waals surface area (Å²) in [5.74, 6) is 0. The summed E-state index contributed by atoms with van der Waals surface area (Å²) in [6.07, 6.45) is 0.782. The molecule has 0 atom stereocenters. The number of benzene rings is 1. The maximum absolute atomic E-state index is 12.2. The molecule has 0 aromatic heterocycles. The Morgan fingerprint density at radius 1 is 1.33 bits per heavy atom. The highest BCUT2D eigenvalue weighted by Gasteiger charge is 2.14. The lowest BCUT2D eigenvalue weighted by atomic mass is 10.1. The first-order valence-corrected chi connectivity index (χ1v) is 8.44. The van der Waals surface area contributed by atoms with E-state index in [0.717, 1.165) is 18.5 Å². The van der Waals surface area contributed by atoms with Gasteiger partial charge in [-0.3, -0.25) is 0 Å². The van der Waals surface area contributed by atoms with Crippen LogP contribution in [0, 0.1) is 0 Å². The number of nitrogens with two attached hydrogens (primary N) is 1. The third kappa shape index (κ3) is 5.62. The van der Waals surface area contributed by atoms with E-state index in [2.05, 4.69) is 4.72 Å². The van der Waals surface area contributed by atoms with Gasteiger partial charge < -0.3 is 15.4 Å². The standard InChI is InChI=1S/C14H25N3O3S/c1-4-12-5-6-13(11-14(12)15)21(18,19)16-7-8-17(2)9-10-20-3/h5-6,11,16H,4,7-10,15H2,1-3H3. The number of nitrogens with zero attached hydrogens (tertiary/aromatic N) is 1. The molecule has 0 saturated carbocycles. The van der Waals surface area contributed by atoms with E-state index in [4.69, 9.17) is 10.5 Å². The van der Waals surface area contributed by atoms with Crippen LogP contribution in [0.3, 0.4) is 0 Å². The van der Waals surface area contributed by atoms with Gasteiger partial charge in [-0.25, -0.2) is 13.1 Å². The Balaban J connectivity index is 2.59. The van der Waals surface area contributed by atoms with Crippen LogP contribution in [0.25, 0.3) is 0 Å². The number of rotatable bonds is 9. The fraction of sp³-hybridized carbons (Fsp3) is 0.571. The van der Waals surface area contributed by atoms with Crippen LogP contribution in [0.4, 0.5) is 5.69 Å². The maximum Gasteiger partial charge on any atom is 0.240 e. The lowest BCUT2D eigenvalue weighted by Crippen LogP contribution is -2.34. The molecule has 0 saturated heterocycles. The zero-order chi connectivity index (χ0) is 15.9. The molecule has 0 amide bonds. The van der Waals surface area contributed by atoms with Crippen molar-refractivity contribution in [1.82, 2.24) is 9.62 Å². The molecule has 0 bridgehead atoms. The van der Waals surface area contributed by atoms with Crippen molar-refractivity contribution >= 4 is 15.7 Å². The molecule has 0 fully saturated rings. The lowest BCUT2D eigenvalue weighted by Gasteiger charge is -2.16. The first-order valence-electron chi connectivity index (χ1n) is 6.96. The number of sulfonamides is 1. The van der Waals surface area contributed by atoms with Gasteiger partial charge in [-0.15, -0.1) is 0 Å². The molecular weight excluding hydrogens is 290 g/mol. The van der Waals surface area contributed by atoms with Gasteiger partial charge in [0.15, 0.2) is 0 Å². The quantitative estimate of drug-likeness (QED) is 0.655. The van der Waals surface area contributed by atoms with Gasteiger partial charge in [0.05, 0.1) is 11.5 Å². The highest BCUT2D eigenvalue weighted by molar-refractivity contribution is 7.89. The number of methoxy groups -OCH3 is 1. The molecule has 21 heavy (non-hydrogen) atoms. The van der Waals surface area contributed by atoms with E-state index in [0.29, 0.717) is 25.4 Å². The Bertz CT molecular complexity index is 546. The van der Waals surface area contributed by atoms with Crippen molar-refractivity contribution in [2.45, 2.75) is 18.2 Å². The molecule has 0 aliphatic heterocycles. The number of hydrogen-bond acceptors (Lipinski definition) is 5. The summed E-state index contributed by atoms with van der Waals surface area (Å²) in [5, 5.41) is 0. The molecule has 6 nitrogen and oxygen atoms in total. The number of aryl methyl sites for hydroxylation is 1. The smallest absolute Gasteiger partial charge is 0.240 e. The van der Waals surface area contributed by atoms with Gasteiger partial charge >= 0.3 is 0 Å². The normalized spacial score (nSPS) is 12.0. The summed E-state index contributed by atoms with van der Waals surface area (Å²) in [7, 11) is 0.0460. The number of nitrogen functional groups attached to an aromatic ring is 1. The van der Waals surface area contributed by atoms with Crippen molar-refractivity contribution < 1.29 is 13.2 Å². The fourth-order valence-corrected chi connectivity index (χ4v) is 2.93. The van der Waals surface area contributed by atoms with Gasteiger partial charge in [-0.1, -0.05) is 13.0 Å². The number of hydrogen-bond donors (Lipinski definition) is 2. The average molecular weight is 315 g/mol. The minimum Gasteiger partial charge on any atom is -0.398 e. The Morgan fingerprint density at radius 3 is 2.62 bits per heavy atom.